The normalized spacial score (nSPS) is 18.9. The Hall–Kier alpha value is -1.17. The standard InChI is InChI=1S/C15H22BrN3O2/c1-3-11(4-2)14(20)19-7-5-6-13(10-19)21-15-17-8-12(16)9-18-15/h8-9,11,13H,3-7,10H2,1-2H3. The predicted octanol–water partition coefficient (Wildman–Crippen LogP) is 3.05. The molecule has 1 aromatic rings. The Morgan fingerprint density at radius 1 is 1.43 bits per heavy atom. The van der Waals surface area contributed by atoms with Gasteiger partial charge in [-0.25, -0.2) is 9.97 Å². The lowest BCUT2D eigenvalue weighted by atomic mass is 9.99. The summed E-state index contributed by atoms with van der Waals surface area (Å²) in [5, 5.41) is 0. The van der Waals surface area contributed by atoms with Crippen molar-refractivity contribution in [3.63, 3.8) is 0 Å². The van der Waals surface area contributed by atoms with Crippen molar-refractivity contribution in [1.82, 2.24) is 14.9 Å². The van der Waals surface area contributed by atoms with E-state index >= 15 is 0 Å². The number of likely N-dealkylation sites (tertiary alicyclic amines) is 1. The molecule has 1 amide bonds. The predicted molar refractivity (Wildman–Crippen MR) is 84.0 cm³/mol. The van der Waals surface area contributed by atoms with Crippen LogP contribution in [0.5, 0.6) is 6.01 Å². The van der Waals surface area contributed by atoms with Crippen LogP contribution in [0.15, 0.2) is 16.9 Å². The van der Waals surface area contributed by atoms with Crippen molar-refractivity contribution in [1.29, 1.82) is 0 Å². The van der Waals surface area contributed by atoms with Crippen LogP contribution in [0.25, 0.3) is 0 Å². The monoisotopic (exact) mass is 355 g/mol. The number of carbonyl (C=O) groups is 1. The number of nitrogens with zero attached hydrogens (tertiary/aromatic N) is 3. The lowest BCUT2D eigenvalue weighted by Gasteiger charge is -2.34. The number of rotatable bonds is 5. The minimum absolute atomic E-state index is 0.0155. The second-order valence-electron chi connectivity index (χ2n) is 5.36. The number of piperidine rings is 1. The number of halogens is 1. The third-order valence-electron chi connectivity index (χ3n) is 3.89. The molecule has 2 heterocycles. The number of hydrogen-bond acceptors (Lipinski definition) is 4. The van der Waals surface area contributed by atoms with Crippen LogP contribution in [0.4, 0.5) is 0 Å². The molecule has 1 aliphatic heterocycles. The average Bonchev–Trinajstić information content (AvgIpc) is 2.51. The first-order valence-corrected chi connectivity index (χ1v) is 8.36. The van der Waals surface area contributed by atoms with Crippen molar-refractivity contribution in [3.8, 4) is 6.01 Å². The van der Waals surface area contributed by atoms with Gasteiger partial charge in [-0.05, 0) is 41.6 Å². The zero-order valence-electron chi connectivity index (χ0n) is 12.6. The maximum Gasteiger partial charge on any atom is 0.316 e. The number of amides is 1. The summed E-state index contributed by atoms with van der Waals surface area (Å²) in [6.07, 6.45) is 7.01. The highest BCUT2D eigenvalue weighted by Gasteiger charge is 2.28. The molecule has 1 fully saturated rings. The Balaban J connectivity index is 1.94. The molecule has 6 heteroatoms. The molecule has 0 saturated carbocycles. The van der Waals surface area contributed by atoms with E-state index in [4.69, 9.17) is 4.74 Å². The van der Waals surface area contributed by atoms with Crippen LogP contribution in [0, 0.1) is 5.92 Å². The van der Waals surface area contributed by atoms with E-state index in [0.29, 0.717) is 12.6 Å². The van der Waals surface area contributed by atoms with E-state index in [1.54, 1.807) is 12.4 Å². The third kappa shape index (κ3) is 4.40. The Morgan fingerprint density at radius 3 is 2.71 bits per heavy atom. The topological polar surface area (TPSA) is 55.3 Å². The fourth-order valence-corrected chi connectivity index (χ4v) is 2.85. The maximum atomic E-state index is 12.4. The van der Waals surface area contributed by atoms with Gasteiger partial charge in [-0.3, -0.25) is 4.79 Å². The number of ether oxygens (including phenoxy) is 1. The summed E-state index contributed by atoms with van der Waals surface area (Å²) in [6.45, 7) is 5.60. The molecule has 2 rings (SSSR count). The second-order valence-corrected chi connectivity index (χ2v) is 6.28. The highest BCUT2D eigenvalue weighted by Crippen LogP contribution is 2.20. The molecule has 1 saturated heterocycles. The van der Waals surface area contributed by atoms with Crippen LogP contribution in [0.3, 0.4) is 0 Å². The van der Waals surface area contributed by atoms with Gasteiger partial charge < -0.3 is 9.64 Å². The molecule has 116 valence electrons. The summed E-state index contributed by atoms with van der Waals surface area (Å²) < 4.78 is 6.62. The van der Waals surface area contributed by atoms with Gasteiger partial charge in [-0.2, -0.15) is 0 Å². The molecular weight excluding hydrogens is 334 g/mol. The molecule has 0 bridgehead atoms. The molecule has 1 aliphatic rings. The molecule has 5 nitrogen and oxygen atoms in total. The minimum atomic E-state index is -0.0155. The van der Waals surface area contributed by atoms with Crippen molar-refractivity contribution < 1.29 is 9.53 Å². The first-order valence-electron chi connectivity index (χ1n) is 7.57. The summed E-state index contributed by atoms with van der Waals surface area (Å²) >= 11 is 3.30. The Morgan fingerprint density at radius 2 is 2.10 bits per heavy atom. The highest BCUT2D eigenvalue weighted by molar-refractivity contribution is 9.10. The summed E-state index contributed by atoms with van der Waals surface area (Å²) in [7, 11) is 0. The highest BCUT2D eigenvalue weighted by atomic mass is 79.9. The SMILES string of the molecule is CCC(CC)C(=O)N1CCCC(Oc2ncc(Br)cn2)C1. The molecule has 0 radical (unpaired) electrons. The molecule has 1 unspecified atom stereocenters. The van der Waals surface area contributed by atoms with Crippen molar-refractivity contribution >= 4 is 21.8 Å². The molecule has 0 spiro atoms. The van der Waals surface area contributed by atoms with E-state index in [-0.39, 0.29) is 17.9 Å². The minimum Gasteiger partial charge on any atom is -0.458 e. The second kappa shape index (κ2) is 7.73. The smallest absolute Gasteiger partial charge is 0.316 e. The van der Waals surface area contributed by atoms with Crippen molar-refractivity contribution in [2.45, 2.75) is 45.6 Å². The lowest BCUT2D eigenvalue weighted by Crippen LogP contribution is -2.46. The Bertz CT molecular complexity index is 462. The molecule has 0 aromatic carbocycles. The zero-order valence-corrected chi connectivity index (χ0v) is 14.2. The van der Waals surface area contributed by atoms with Crippen molar-refractivity contribution in [2.24, 2.45) is 5.92 Å². The molecule has 0 aliphatic carbocycles. The Kier molecular flexibility index (Phi) is 5.96. The number of aromatic nitrogens is 2. The van der Waals surface area contributed by atoms with Crippen LogP contribution >= 0.6 is 15.9 Å². The molecular formula is C15H22BrN3O2. The average molecular weight is 356 g/mol. The van der Waals surface area contributed by atoms with Crippen molar-refractivity contribution in [3.05, 3.63) is 16.9 Å². The summed E-state index contributed by atoms with van der Waals surface area (Å²) in [4.78, 5) is 22.6. The first-order chi connectivity index (χ1) is 10.1. The van der Waals surface area contributed by atoms with Crippen LogP contribution in [0.1, 0.15) is 39.5 Å². The van der Waals surface area contributed by atoms with Gasteiger partial charge in [0.15, 0.2) is 0 Å². The molecule has 1 atom stereocenters. The molecule has 1 aromatic heterocycles. The molecule has 0 N–H and O–H groups in total. The van der Waals surface area contributed by atoms with E-state index in [2.05, 4.69) is 39.7 Å². The summed E-state index contributed by atoms with van der Waals surface area (Å²) in [6, 6.07) is 0.375. The van der Waals surface area contributed by atoms with Gasteiger partial charge in [0.2, 0.25) is 5.91 Å². The Labute approximate surface area is 134 Å². The van der Waals surface area contributed by atoms with E-state index in [9.17, 15) is 4.79 Å². The van der Waals surface area contributed by atoms with Gasteiger partial charge in [0, 0.05) is 24.9 Å². The van der Waals surface area contributed by atoms with E-state index in [1.165, 1.54) is 0 Å². The van der Waals surface area contributed by atoms with E-state index in [1.807, 2.05) is 4.90 Å². The van der Waals surface area contributed by atoms with Gasteiger partial charge >= 0.3 is 6.01 Å². The van der Waals surface area contributed by atoms with Gasteiger partial charge in [-0.1, -0.05) is 13.8 Å². The van der Waals surface area contributed by atoms with E-state index < -0.39 is 0 Å². The van der Waals surface area contributed by atoms with Crippen molar-refractivity contribution in [2.75, 3.05) is 13.1 Å². The van der Waals surface area contributed by atoms with Crippen LogP contribution in [0.2, 0.25) is 0 Å². The molecule has 21 heavy (non-hydrogen) atoms. The largest absolute Gasteiger partial charge is 0.458 e. The van der Waals surface area contributed by atoms with Gasteiger partial charge in [0.1, 0.15) is 6.10 Å². The van der Waals surface area contributed by atoms with Crippen LogP contribution < -0.4 is 4.74 Å². The fraction of sp³-hybridized carbons (Fsp3) is 0.667. The fourth-order valence-electron chi connectivity index (χ4n) is 2.64. The van der Waals surface area contributed by atoms with Crippen LogP contribution in [-0.4, -0.2) is 40.0 Å². The maximum absolute atomic E-state index is 12.4. The zero-order chi connectivity index (χ0) is 15.2. The quantitative estimate of drug-likeness (QED) is 0.814. The van der Waals surface area contributed by atoms with E-state index in [0.717, 1.165) is 36.7 Å². The first kappa shape index (κ1) is 16.2. The third-order valence-corrected chi connectivity index (χ3v) is 4.30. The van der Waals surface area contributed by atoms with Gasteiger partial charge in [0.25, 0.3) is 0 Å². The summed E-state index contributed by atoms with van der Waals surface area (Å²) in [5.74, 6) is 0.387. The lowest BCUT2D eigenvalue weighted by molar-refractivity contribution is -0.138. The number of carbonyl (C=O) groups excluding carboxylic acids is 1. The van der Waals surface area contributed by atoms with Crippen LogP contribution in [-0.2, 0) is 4.79 Å². The summed E-state index contributed by atoms with van der Waals surface area (Å²) in [5.41, 5.74) is 0. The van der Waals surface area contributed by atoms with Gasteiger partial charge in [-0.15, -0.1) is 0 Å². The number of hydrogen-bond donors (Lipinski definition) is 0. The van der Waals surface area contributed by atoms with Gasteiger partial charge in [0.05, 0.1) is 11.0 Å².